The number of aliphatic hydroxyl groups is 1. The molecule has 1 heterocycles. The van der Waals surface area contributed by atoms with Crippen molar-refractivity contribution in [2.45, 2.75) is 58.7 Å². The maximum atomic E-state index is 10.0. The van der Waals surface area contributed by atoms with Crippen molar-refractivity contribution in [1.82, 2.24) is 5.32 Å². The Morgan fingerprint density at radius 1 is 1.19 bits per heavy atom. The van der Waals surface area contributed by atoms with Crippen LogP contribution in [0.15, 0.2) is 12.1 Å². The number of hydrogen-bond acceptors (Lipinski definition) is 3. The van der Waals surface area contributed by atoms with Crippen LogP contribution in [0, 0.1) is 0 Å². The molecule has 1 aromatic rings. The van der Waals surface area contributed by atoms with Crippen molar-refractivity contribution in [3.8, 4) is 0 Å². The molecule has 0 amide bonds. The van der Waals surface area contributed by atoms with Crippen molar-refractivity contribution in [2.24, 2.45) is 0 Å². The Labute approximate surface area is 103 Å². The van der Waals surface area contributed by atoms with E-state index in [4.69, 9.17) is 0 Å². The normalized spacial score (nSPS) is 13.1. The molecule has 0 saturated carbocycles. The van der Waals surface area contributed by atoms with Crippen molar-refractivity contribution >= 4 is 11.3 Å². The lowest BCUT2D eigenvalue weighted by Gasteiger charge is -2.38. The first kappa shape index (κ1) is 13.7. The van der Waals surface area contributed by atoms with Crippen LogP contribution in [0.2, 0.25) is 0 Å². The minimum absolute atomic E-state index is 0.288. The summed E-state index contributed by atoms with van der Waals surface area (Å²) in [6, 6.07) is 4.34. The lowest BCUT2D eigenvalue weighted by atomic mass is 9.86. The van der Waals surface area contributed by atoms with Gasteiger partial charge in [0.2, 0.25) is 0 Å². The first-order valence-corrected chi connectivity index (χ1v) is 6.63. The van der Waals surface area contributed by atoms with Crippen molar-refractivity contribution in [3.05, 3.63) is 21.9 Å². The van der Waals surface area contributed by atoms with E-state index >= 15 is 0 Å². The maximum Gasteiger partial charge on any atom is 0.0767 e. The summed E-state index contributed by atoms with van der Waals surface area (Å²) in [7, 11) is 0. The Morgan fingerprint density at radius 2 is 1.75 bits per heavy atom. The molecule has 1 rings (SSSR count). The molecule has 0 radical (unpaired) electrons. The minimum atomic E-state index is -0.724. The Morgan fingerprint density at radius 3 is 2.19 bits per heavy atom. The van der Waals surface area contributed by atoms with E-state index in [1.54, 1.807) is 0 Å². The van der Waals surface area contributed by atoms with Crippen LogP contribution >= 0.6 is 11.3 Å². The molecule has 1 aromatic heterocycles. The van der Waals surface area contributed by atoms with Gasteiger partial charge < -0.3 is 10.4 Å². The molecular formula is C13H23NOS. The smallest absolute Gasteiger partial charge is 0.0767 e. The summed E-state index contributed by atoms with van der Waals surface area (Å²) in [6.07, 6.45) is 1.10. The van der Waals surface area contributed by atoms with Crippen LogP contribution in [0.1, 0.15) is 44.4 Å². The molecule has 0 bridgehead atoms. The van der Waals surface area contributed by atoms with Gasteiger partial charge in [0.25, 0.3) is 0 Å². The lowest BCUT2D eigenvalue weighted by molar-refractivity contribution is -0.00520. The maximum absolute atomic E-state index is 10.0. The van der Waals surface area contributed by atoms with Crippen molar-refractivity contribution in [3.63, 3.8) is 0 Å². The van der Waals surface area contributed by atoms with Gasteiger partial charge in [-0.05, 0) is 46.2 Å². The summed E-state index contributed by atoms with van der Waals surface area (Å²) in [4.78, 5) is 2.74. The van der Waals surface area contributed by atoms with Crippen LogP contribution in [-0.4, -0.2) is 16.2 Å². The fraction of sp³-hybridized carbons (Fsp3) is 0.692. The highest BCUT2D eigenvalue weighted by Gasteiger charge is 2.34. The van der Waals surface area contributed by atoms with Gasteiger partial charge >= 0.3 is 0 Å². The molecule has 2 N–H and O–H groups in total. The van der Waals surface area contributed by atoms with Gasteiger partial charge in [0.15, 0.2) is 0 Å². The summed E-state index contributed by atoms with van der Waals surface area (Å²) in [5.74, 6) is 0. The second-order valence-corrected chi connectivity index (χ2v) is 6.51. The van der Waals surface area contributed by atoms with E-state index in [0.717, 1.165) is 13.0 Å². The zero-order chi connectivity index (χ0) is 12.4. The molecule has 0 aliphatic rings. The van der Waals surface area contributed by atoms with E-state index in [0.29, 0.717) is 0 Å². The number of aryl methyl sites for hydroxylation is 1. The van der Waals surface area contributed by atoms with Crippen LogP contribution in [0.5, 0.6) is 0 Å². The Hall–Kier alpha value is -0.380. The van der Waals surface area contributed by atoms with Gasteiger partial charge in [-0.25, -0.2) is 0 Å². The molecule has 0 spiro atoms. The van der Waals surface area contributed by atoms with Gasteiger partial charge in [-0.2, -0.15) is 0 Å². The average molecular weight is 241 g/mol. The SMILES string of the molecule is CCc1ccc(CNC(C)(C)C(C)(C)O)s1. The van der Waals surface area contributed by atoms with Gasteiger partial charge in [-0.1, -0.05) is 6.92 Å². The third kappa shape index (κ3) is 3.30. The summed E-state index contributed by atoms with van der Waals surface area (Å²) in [6.45, 7) is 10.7. The monoisotopic (exact) mass is 241 g/mol. The van der Waals surface area contributed by atoms with E-state index in [2.05, 4.69) is 24.4 Å². The minimum Gasteiger partial charge on any atom is -0.389 e. The molecule has 0 aliphatic heterocycles. The third-order valence-electron chi connectivity index (χ3n) is 3.30. The summed E-state index contributed by atoms with van der Waals surface area (Å²) < 4.78 is 0. The first-order chi connectivity index (χ1) is 7.26. The van der Waals surface area contributed by atoms with Crippen LogP contribution in [0.3, 0.4) is 0 Å². The molecular weight excluding hydrogens is 218 g/mol. The second kappa shape index (κ2) is 4.86. The highest BCUT2D eigenvalue weighted by atomic mass is 32.1. The number of rotatable bonds is 5. The van der Waals surface area contributed by atoms with Crippen LogP contribution in [0.25, 0.3) is 0 Å². The fourth-order valence-corrected chi connectivity index (χ4v) is 2.13. The highest BCUT2D eigenvalue weighted by molar-refractivity contribution is 7.11. The van der Waals surface area contributed by atoms with E-state index in [1.807, 2.05) is 39.0 Å². The third-order valence-corrected chi connectivity index (χ3v) is 4.53. The van der Waals surface area contributed by atoms with E-state index in [-0.39, 0.29) is 5.54 Å². The van der Waals surface area contributed by atoms with E-state index < -0.39 is 5.60 Å². The molecule has 0 aromatic carbocycles. The van der Waals surface area contributed by atoms with Gasteiger partial charge in [0.05, 0.1) is 5.60 Å². The molecule has 0 saturated heterocycles. The number of nitrogens with one attached hydrogen (secondary N) is 1. The molecule has 0 fully saturated rings. The second-order valence-electron chi connectivity index (χ2n) is 5.26. The molecule has 0 unspecified atom stereocenters. The quantitative estimate of drug-likeness (QED) is 0.830. The van der Waals surface area contributed by atoms with Crippen LogP contribution < -0.4 is 5.32 Å². The Kier molecular flexibility index (Phi) is 4.16. The lowest BCUT2D eigenvalue weighted by Crippen LogP contribution is -2.55. The fourth-order valence-electron chi connectivity index (χ4n) is 1.23. The van der Waals surface area contributed by atoms with Crippen molar-refractivity contribution in [1.29, 1.82) is 0 Å². The van der Waals surface area contributed by atoms with Gasteiger partial charge in [-0.15, -0.1) is 11.3 Å². The summed E-state index contributed by atoms with van der Waals surface area (Å²) >= 11 is 1.84. The largest absolute Gasteiger partial charge is 0.389 e. The van der Waals surface area contributed by atoms with Gasteiger partial charge in [0, 0.05) is 21.8 Å². The number of hydrogen-bond donors (Lipinski definition) is 2. The van der Waals surface area contributed by atoms with Crippen molar-refractivity contribution < 1.29 is 5.11 Å². The predicted molar refractivity (Wildman–Crippen MR) is 70.9 cm³/mol. The summed E-state index contributed by atoms with van der Waals surface area (Å²) in [5.41, 5.74) is -1.01. The standard InChI is InChI=1S/C13H23NOS/c1-6-10-7-8-11(16-10)9-14-12(2,3)13(4,5)15/h7-8,14-15H,6,9H2,1-5H3. The van der Waals surface area contributed by atoms with Crippen molar-refractivity contribution in [2.75, 3.05) is 0 Å². The predicted octanol–water partition coefficient (Wildman–Crippen LogP) is 2.95. The Balaban J connectivity index is 2.57. The van der Waals surface area contributed by atoms with Gasteiger partial charge in [0.1, 0.15) is 0 Å². The molecule has 2 nitrogen and oxygen atoms in total. The molecule has 0 atom stereocenters. The van der Waals surface area contributed by atoms with E-state index in [9.17, 15) is 5.11 Å². The first-order valence-electron chi connectivity index (χ1n) is 5.81. The zero-order valence-electron chi connectivity index (χ0n) is 10.9. The van der Waals surface area contributed by atoms with Crippen LogP contribution in [0.4, 0.5) is 0 Å². The Bertz CT molecular complexity index is 336. The highest BCUT2D eigenvalue weighted by Crippen LogP contribution is 2.23. The zero-order valence-corrected chi connectivity index (χ0v) is 11.7. The average Bonchev–Trinajstić information content (AvgIpc) is 2.60. The molecule has 3 heteroatoms. The molecule has 16 heavy (non-hydrogen) atoms. The number of thiophene rings is 1. The van der Waals surface area contributed by atoms with Gasteiger partial charge in [-0.3, -0.25) is 0 Å². The topological polar surface area (TPSA) is 32.3 Å². The molecule has 92 valence electrons. The summed E-state index contributed by atoms with van der Waals surface area (Å²) in [5, 5.41) is 13.4. The van der Waals surface area contributed by atoms with Crippen LogP contribution in [-0.2, 0) is 13.0 Å². The van der Waals surface area contributed by atoms with E-state index in [1.165, 1.54) is 9.75 Å². The molecule has 0 aliphatic carbocycles.